The molecule has 76 valence electrons. The third-order valence-electron chi connectivity index (χ3n) is 1.92. The third-order valence-corrected chi connectivity index (χ3v) is 1.92. The average Bonchev–Trinajstić information content (AvgIpc) is 2.51. The van der Waals surface area contributed by atoms with Crippen molar-refractivity contribution in [2.75, 3.05) is 0 Å². The second-order valence-electron chi connectivity index (χ2n) is 3.05. The molecule has 0 fully saturated rings. The lowest BCUT2D eigenvalue weighted by Gasteiger charge is -2.08. The van der Waals surface area contributed by atoms with E-state index in [0.717, 1.165) is 5.69 Å². The number of hydrogen-bond acceptors (Lipinski definition) is 2. The van der Waals surface area contributed by atoms with Crippen LogP contribution in [0.2, 0.25) is 0 Å². The number of carboxylic acids is 1. The van der Waals surface area contributed by atoms with E-state index in [1.54, 1.807) is 19.2 Å². The molecule has 0 saturated heterocycles. The van der Waals surface area contributed by atoms with Crippen molar-refractivity contribution in [2.24, 2.45) is 0 Å². The van der Waals surface area contributed by atoms with Gasteiger partial charge in [-0.25, -0.2) is 0 Å². The van der Waals surface area contributed by atoms with E-state index in [9.17, 15) is 9.59 Å². The molecule has 0 aromatic carbocycles. The highest BCUT2D eigenvalue weighted by atomic mass is 16.4. The fourth-order valence-corrected chi connectivity index (χ4v) is 1.03. The summed E-state index contributed by atoms with van der Waals surface area (Å²) in [5.41, 5.74) is 1.19. The molecule has 1 atom stereocenters. The second-order valence-corrected chi connectivity index (χ2v) is 3.05. The number of carbonyl (C=O) groups excluding carboxylic acids is 1. The first-order valence-corrected chi connectivity index (χ1v) is 4.20. The summed E-state index contributed by atoms with van der Waals surface area (Å²) in [5, 5.41) is 10.9. The van der Waals surface area contributed by atoms with Crippen molar-refractivity contribution in [3.05, 3.63) is 23.5 Å². The van der Waals surface area contributed by atoms with Crippen LogP contribution in [0.3, 0.4) is 0 Å². The first-order valence-electron chi connectivity index (χ1n) is 4.20. The molecule has 0 aliphatic heterocycles. The first kappa shape index (κ1) is 10.3. The highest BCUT2D eigenvalue weighted by molar-refractivity contribution is 5.97. The Labute approximate surface area is 81.1 Å². The molecule has 0 bridgehead atoms. The van der Waals surface area contributed by atoms with Gasteiger partial charge in [0, 0.05) is 11.9 Å². The number of amides is 1. The normalized spacial score (nSPS) is 12.1. The SMILES string of the molecule is Cc1[nH]ccc1C(=O)N[C@@H](C)C(=O)O. The Morgan fingerprint density at radius 1 is 1.57 bits per heavy atom. The summed E-state index contributed by atoms with van der Waals surface area (Å²) < 4.78 is 0. The number of hydrogen-bond donors (Lipinski definition) is 3. The minimum Gasteiger partial charge on any atom is -0.480 e. The number of rotatable bonds is 3. The van der Waals surface area contributed by atoms with Crippen LogP contribution < -0.4 is 5.32 Å². The lowest BCUT2D eigenvalue weighted by molar-refractivity contribution is -0.138. The van der Waals surface area contributed by atoms with Crippen molar-refractivity contribution in [2.45, 2.75) is 19.9 Å². The van der Waals surface area contributed by atoms with Gasteiger partial charge in [0.1, 0.15) is 6.04 Å². The minimum atomic E-state index is -1.05. The van der Waals surface area contributed by atoms with E-state index < -0.39 is 12.0 Å². The fourth-order valence-electron chi connectivity index (χ4n) is 1.03. The Morgan fingerprint density at radius 3 is 2.64 bits per heavy atom. The summed E-state index contributed by atoms with van der Waals surface area (Å²) in [6.07, 6.45) is 1.63. The summed E-state index contributed by atoms with van der Waals surface area (Å²) in [7, 11) is 0. The predicted molar refractivity (Wildman–Crippen MR) is 50.1 cm³/mol. The van der Waals surface area contributed by atoms with Gasteiger partial charge in [0.05, 0.1) is 5.56 Å². The molecule has 1 amide bonds. The maximum atomic E-state index is 11.4. The van der Waals surface area contributed by atoms with Crippen molar-refractivity contribution < 1.29 is 14.7 Å². The van der Waals surface area contributed by atoms with Gasteiger partial charge >= 0.3 is 5.97 Å². The largest absolute Gasteiger partial charge is 0.480 e. The number of aromatic nitrogens is 1. The molecule has 0 aliphatic carbocycles. The monoisotopic (exact) mass is 196 g/mol. The Morgan fingerprint density at radius 2 is 2.21 bits per heavy atom. The second kappa shape index (κ2) is 3.95. The van der Waals surface area contributed by atoms with Gasteiger partial charge in [-0.15, -0.1) is 0 Å². The molecule has 1 heterocycles. The van der Waals surface area contributed by atoms with Crippen LogP contribution in [0.15, 0.2) is 12.3 Å². The van der Waals surface area contributed by atoms with E-state index in [1.807, 2.05) is 0 Å². The standard InChI is InChI=1S/C9H12N2O3/c1-5-7(3-4-10-5)8(12)11-6(2)9(13)14/h3-4,6,10H,1-2H3,(H,11,12)(H,13,14)/t6-/m0/s1. The van der Waals surface area contributed by atoms with Crippen LogP contribution >= 0.6 is 0 Å². The van der Waals surface area contributed by atoms with Crippen LogP contribution in [0.1, 0.15) is 23.0 Å². The van der Waals surface area contributed by atoms with Gasteiger partial charge in [0.2, 0.25) is 0 Å². The van der Waals surface area contributed by atoms with Crippen molar-refractivity contribution >= 4 is 11.9 Å². The number of carbonyl (C=O) groups is 2. The molecule has 5 heteroatoms. The molecule has 1 rings (SSSR count). The number of aliphatic carboxylic acids is 1. The maximum Gasteiger partial charge on any atom is 0.325 e. The topological polar surface area (TPSA) is 82.2 Å². The van der Waals surface area contributed by atoms with Crippen LogP contribution in [0.4, 0.5) is 0 Å². The van der Waals surface area contributed by atoms with E-state index in [4.69, 9.17) is 5.11 Å². The molecule has 0 saturated carbocycles. The molecule has 0 spiro atoms. The summed E-state index contributed by atoms with van der Waals surface area (Å²) in [6.45, 7) is 3.17. The predicted octanol–water partition coefficient (Wildman–Crippen LogP) is 0.526. The van der Waals surface area contributed by atoms with Crippen LogP contribution in [-0.4, -0.2) is 28.0 Å². The van der Waals surface area contributed by atoms with Crippen LogP contribution in [-0.2, 0) is 4.79 Å². The minimum absolute atomic E-state index is 0.376. The lowest BCUT2D eigenvalue weighted by atomic mass is 10.2. The van der Waals surface area contributed by atoms with E-state index in [2.05, 4.69) is 10.3 Å². The highest BCUT2D eigenvalue weighted by Gasteiger charge is 2.16. The van der Waals surface area contributed by atoms with Gasteiger partial charge in [0.25, 0.3) is 5.91 Å². The zero-order valence-electron chi connectivity index (χ0n) is 8.00. The fraction of sp³-hybridized carbons (Fsp3) is 0.333. The number of nitrogens with one attached hydrogen (secondary N) is 2. The smallest absolute Gasteiger partial charge is 0.325 e. The van der Waals surface area contributed by atoms with Gasteiger partial charge in [-0.1, -0.05) is 0 Å². The zero-order valence-corrected chi connectivity index (χ0v) is 8.00. The van der Waals surface area contributed by atoms with Gasteiger partial charge < -0.3 is 15.4 Å². The van der Waals surface area contributed by atoms with Crippen LogP contribution in [0.25, 0.3) is 0 Å². The van der Waals surface area contributed by atoms with Gasteiger partial charge in [-0.05, 0) is 19.9 Å². The van der Waals surface area contributed by atoms with E-state index in [-0.39, 0.29) is 5.91 Å². The van der Waals surface area contributed by atoms with Gasteiger partial charge in [0.15, 0.2) is 0 Å². The highest BCUT2D eigenvalue weighted by Crippen LogP contribution is 2.04. The van der Waals surface area contributed by atoms with Crippen LogP contribution in [0.5, 0.6) is 0 Å². The molecule has 0 aliphatic rings. The summed E-state index contributed by atoms with van der Waals surface area (Å²) in [6, 6.07) is 0.732. The van der Waals surface area contributed by atoms with Gasteiger partial charge in [-0.2, -0.15) is 0 Å². The molecule has 1 aromatic heterocycles. The third kappa shape index (κ3) is 2.12. The molecular formula is C9H12N2O3. The summed E-state index contributed by atoms with van der Waals surface area (Å²) in [5.74, 6) is -1.43. The van der Waals surface area contributed by atoms with Crippen molar-refractivity contribution in [3.8, 4) is 0 Å². The number of aromatic amines is 1. The molecule has 5 nitrogen and oxygen atoms in total. The first-order chi connectivity index (χ1) is 6.52. The van der Waals surface area contributed by atoms with Crippen LogP contribution in [0, 0.1) is 6.92 Å². The zero-order chi connectivity index (χ0) is 10.7. The maximum absolute atomic E-state index is 11.4. The van der Waals surface area contributed by atoms with E-state index in [1.165, 1.54) is 6.92 Å². The molecule has 14 heavy (non-hydrogen) atoms. The van der Waals surface area contributed by atoms with Crippen molar-refractivity contribution in [1.82, 2.24) is 10.3 Å². The number of H-pyrrole nitrogens is 1. The van der Waals surface area contributed by atoms with Crippen molar-refractivity contribution in [1.29, 1.82) is 0 Å². The summed E-state index contributed by atoms with van der Waals surface area (Å²) >= 11 is 0. The average molecular weight is 196 g/mol. The van der Waals surface area contributed by atoms with E-state index in [0.29, 0.717) is 5.56 Å². The quantitative estimate of drug-likeness (QED) is 0.659. The Balaban J connectivity index is 2.69. The molecule has 0 unspecified atom stereocenters. The molecule has 0 radical (unpaired) electrons. The van der Waals surface area contributed by atoms with E-state index >= 15 is 0 Å². The Bertz CT molecular complexity index is 357. The molecule has 3 N–H and O–H groups in total. The summed E-state index contributed by atoms with van der Waals surface area (Å²) in [4.78, 5) is 24.8. The number of aryl methyl sites for hydroxylation is 1. The Kier molecular flexibility index (Phi) is 2.91. The Hall–Kier alpha value is -1.78. The molecule has 1 aromatic rings. The lowest BCUT2D eigenvalue weighted by Crippen LogP contribution is -2.38. The molecular weight excluding hydrogens is 184 g/mol. The number of carboxylic acid groups (broad SMARTS) is 1. The van der Waals surface area contributed by atoms with Gasteiger partial charge in [-0.3, -0.25) is 9.59 Å². The van der Waals surface area contributed by atoms with Crippen molar-refractivity contribution in [3.63, 3.8) is 0 Å².